The fourth-order valence-electron chi connectivity index (χ4n) is 2.96. The van der Waals surface area contributed by atoms with Gasteiger partial charge in [0, 0.05) is 20.1 Å². The molecule has 0 atom stereocenters. The molecule has 0 N–H and O–H groups in total. The molecule has 0 spiro atoms. The molecule has 1 amide bonds. The van der Waals surface area contributed by atoms with Gasteiger partial charge in [-0.05, 0) is 70.0 Å². The fraction of sp³-hybridized carbons (Fsp3) is 0.0435. The van der Waals surface area contributed by atoms with Crippen molar-refractivity contribution in [2.45, 2.75) is 6.61 Å². The maximum absolute atomic E-state index is 13.0. The number of carbonyl (C=O) groups excluding carboxylic acids is 1. The molecule has 0 aromatic heterocycles. The summed E-state index contributed by atoms with van der Waals surface area (Å²) in [6.07, 6.45) is 1.79. The van der Waals surface area contributed by atoms with E-state index in [9.17, 15) is 4.79 Å². The van der Waals surface area contributed by atoms with Crippen molar-refractivity contribution in [3.05, 3.63) is 96.2 Å². The number of hydrogen-bond donors (Lipinski definition) is 0. The molecule has 0 bridgehead atoms. The summed E-state index contributed by atoms with van der Waals surface area (Å²) in [6.45, 7) is 0.298. The van der Waals surface area contributed by atoms with E-state index in [1.54, 1.807) is 36.4 Å². The lowest BCUT2D eigenvalue weighted by molar-refractivity contribution is -0.113. The quantitative estimate of drug-likeness (QED) is 0.222. The average molecular weight is 586 g/mol. The highest BCUT2D eigenvalue weighted by atomic mass is 79.9. The van der Waals surface area contributed by atoms with Gasteiger partial charge in [0.2, 0.25) is 0 Å². The van der Waals surface area contributed by atoms with Gasteiger partial charge in [0.25, 0.3) is 5.91 Å². The molecule has 1 saturated heterocycles. The van der Waals surface area contributed by atoms with Crippen LogP contribution in [-0.4, -0.2) is 10.2 Å². The molecule has 1 heterocycles. The first-order chi connectivity index (χ1) is 15.3. The Hall–Kier alpha value is -1.54. The molecule has 4 rings (SSSR count). The van der Waals surface area contributed by atoms with Crippen LogP contribution in [-0.2, 0) is 11.4 Å². The summed E-state index contributed by atoms with van der Waals surface area (Å²) in [5.41, 5.74) is 2.27. The van der Waals surface area contributed by atoms with Crippen molar-refractivity contribution in [3.8, 4) is 5.75 Å². The van der Waals surface area contributed by atoms with Crippen LogP contribution in [0, 0.1) is 0 Å². The van der Waals surface area contributed by atoms with Gasteiger partial charge >= 0.3 is 0 Å². The molecule has 0 unspecified atom stereocenters. The van der Waals surface area contributed by atoms with E-state index in [1.165, 1.54) is 16.7 Å². The van der Waals surface area contributed by atoms with E-state index in [0.29, 0.717) is 42.3 Å². The van der Waals surface area contributed by atoms with E-state index in [-0.39, 0.29) is 5.91 Å². The second-order valence-corrected chi connectivity index (χ2v) is 10.5. The van der Waals surface area contributed by atoms with Gasteiger partial charge in [-0.2, -0.15) is 0 Å². The van der Waals surface area contributed by atoms with Crippen LogP contribution in [0.3, 0.4) is 0 Å². The number of benzene rings is 3. The molecule has 162 valence electrons. The van der Waals surface area contributed by atoms with Crippen molar-refractivity contribution >= 4 is 96.7 Å². The molecule has 32 heavy (non-hydrogen) atoms. The van der Waals surface area contributed by atoms with E-state index in [0.717, 1.165) is 15.6 Å². The van der Waals surface area contributed by atoms with Crippen LogP contribution in [0.4, 0.5) is 5.69 Å². The number of ether oxygens (including phenoxy) is 1. The van der Waals surface area contributed by atoms with Gasteiger partial charge in [-0.1, -0.05) is 77.0 Å². The van der Waals surface area contributed by atoms with E-state index < -0.39 is 0 Å². The lowest BCUT2D eigenvalue weighted by Gasteiger charge is -2.15. The first-order valence-corrected chi connectivity index (χ1v) is 12.4. The van der Waals surface area contributed by atoms with E-state index in [2.05, 4.69) is 15.9 Å². The molecule has 0 saturated carbocycles. The molecule has 0 radical (unpaired) electrons. The Morgan fingerprint density at radius 3 is 2.59 bits per heavy atom. The minimum Gasteiger partial charge on any atom is -0.489 e. The van der Waals surface area contributed by atoms with E-state index in [1.807, 2.05) is 30.3 Å². The third-order valence-corrected chi connectivity index (χ3v) is 7.64. The van der Waals surface area contributed by atoms with Crippen LogP contribution in [0.15, 0.2) is 70.0 Å². The highest BCUT2D eigenvalue weighted by Crippen LogP contribution is 2.38. The van der Waals surface area contributed by atoms with Crippen molar-refractivity contribution in [3.63, 3.8) is 0 Å². The molecule has 9 heteroatoms. The monoisotopic (exact) mass is 583 g/mol. The predicted octanol–water partition coefficient (Wildman–Crippen LogP) is 8.39. The summed E-state index contributed by atoms with van der Waals surface area (Å²) >= 11 is 28.4. The zero-order valence-electron chi connectivity index (χ0n) is 16.2. The van der Waals surface area contributed by atoms with E-state index in [4.69, 9.17) is 51.8 Å². The number of carbonyl (C=O) groups is 1. The van der Waals surface area contributed by atoms with Crippen molar-refractivity contribution in [1.82, 2.24) is 0 Å². The normalized spacial score (nSPS) is 15.0. The number of amides is 1. The van der Waals surface area contributed by atoms with Gasteiger partial charge in [-0.3, -0.25) is 9.69 Å². The van der Waals surface area contributed by atoms with Crippen LogP contribution in [0.1, 0.15) is 11.1 Å². The fourth-order valence-corrected chi connectivity index (χ4v) is 5.14. The number of thiocarbonyl (C=S) groups is 1. The van der Waals surface area contributed by atoms with Gasteiger partial charge in [0.05, 0.1) is 15.6 Å². The lowest BCUT2D eigenvalue weighted by Crippen LogP contribution is -2.27. The molecular weight excluding hydrogens is 573 g/mol. The summed E-state index contributed by atoms with van der Waals surface area (Å²) in [5, 5.41) is 1.63. The second-order valence-electron chi connectivity index (χ2n) is 6.71. The van der Waals surface area contributed by atoms with Crippen molar-refractivity contribution in [2.24, 2.45) is 0 Å². The standard InChI is InChI=1S/C23H13BrCl3NO2S2/c24-18-7-6-16(11-20(18)27)28-22(29)21(32-23(28)31)9-13-2-1-3-17(8-13)30-12-14-4-5-15(25)10-19(14)26/h1-11H,12H2/b21-9+. The minimum absolute atomic E-state index is 0.197. The number of nitrogens with zero attached hydrogens (tertiary/aromatic N) is 1. The predicted molar refractivity (Wildman–Crippen MR) is 142 cm³/mol. The average Bonchev–Trinajstić information content (AvgIpc) is 3.03. The maximum Gasteiger partial charge on any atom is 0.270 e. The summed E-state index contributed by atoms with van der Waals surface area (Å²) in [5.74, 6) is 0.456. The lowest BCUT2D eigenvalue weighted by atomic mass is 10.2. The smallest absolute Gasteiger partial charge is 0.270 e. The Bertz CT molecular complexity index is 1270. The SMILES string of the molecule is O=C1/C(=C\c2cccc(OCc3ccc(Cl)cc3Cl)c2)SC(=S)N1c1ccc(Br)c(Cl)c1. The highest BCUT2D eigenvalue weighted by molar-refractivity contribution is 9.10. The molecule has 1 aliphatic rings. The molecule has 1 aliphatic heterocycles. The Labute approximate surface area is 218 Å². The Morgan fingerprint density at radius 2 is 1.84 bits per heavy atom. The summed E-state index contributed by atoms with van der Waals surface area (Å²) in [4.78, 5) is 15.0. The first-order valence-electron chi connectivity index (χ1n) is 9.21. The molecule has 3 nitrogen and oxygen atoms in total. The Kier molecular flexibility index (Phi) is 7.50. The topological polar surface area (TPSA) is 29.5 Å². The largest absolute Gasteiger partial charge is 0.489 e. The first kappa shape index (κ1) is 23.6. The van der Waals surface area contributed by atoms with Gasteiger partial charge < -0.3 is 4.74 Å². The van der Waals surface area contributed by atoms with Gasteiger partial charge in [0.15, 0.2) is 4.32 Å². The summed E-state index contributed by atoms with van der Waals surface area (Å²) in [7, 11) is 0. The Morgan fingerprint density at radius 1 is 1.03 bits per heavy atom. The maximum atomic E-state index is 13.0. The molecule has 3 aromatic rings. The van der Waals surface area contributed by atoms with Crippen molar-refractivity contribution in [1.29, 1.82) is 0 Å². The van der Waals surface area contributed by atoms with Crippen LogP contribution in [0.25, 0.3) is 6.08 Å². The number of halogens is 4. The van der Waals surface area contributed by atoms with E-state index >= 15 is 0 Å². The van der Waals surface area contributed by atoms with Crippen LogP contribution < -0.4 is 9.64 Å². The number of rotatable bonds is 5. The third kappa shape index (κ3) is 5.33. The van der Waals surface area contributed by atoms with Gasteiger partial charge in [-0.25, -0.2) is 0 Å². The van der Waals surface area contributed by atoms with Crippen molar-refractivity contribution in [2.75, 3.05) is 4.90 Å². The summed E-state index contributed by atoms with van der Waals surface area (Å²) in [6, 6.07) is 18.0. The molecular formula is C23H13BrCl3NO2S2. The van der Waals surface area contributed by atoms with Crippen LogP contribution >= 0.6 is 74.7 Å². The molecule has 3 aromatic carbocycles. The summed E-state index contributed by atoms with van der Waals surface area (Å²) < 4.78 is 7.08. The number of thioether (sulfide) groups is 1. The molecule has 0 aliphatic carbocycles. The molecule has 1 fully saturated rings. The zero-order chi connectivity index (χ0) is 22.8. The van der Waals surface area contributed by atoms with Crippen LogP contribution in [0.2, 0.25) is 15.1 Å². The second kappa shape index (κ2) is 10.2. The third-order valence-electron chi connectivity index (χ3n) is 4.52. The zero-order valence-corrected chi connectivity index (χ0v) is 21.6. The number of anilines is 1. The Balaban J connectivity index is 1.52. The van der Waals surface area contributed by atoms with Gasteiger partial charge in [-0.15, -0.1) is 0 Å². The number of hydrogen-bond acceptors (Lipinski definition) is 4. The highest BCUT2D eigenvalue weighted by Gasteiger charge is 2.33. The van der Waals surface area contributed by atoms with Crippen molar-refractivity contribution < 1.29 is 9.53 Å². The minimum atomic E-state index is -0.197. The van der Waals surface area contributed by atoms with Crippen LogP contribution in [0.5, 0.6) is 5.75 Å². The van der Waals surface area contributed by atoms with Gasteiger partial charge in [0.1, 0.15) is 12.4 Å².